The standard InChI is InChI=1S/C14H12N3O2S.2C4H9NO/c1-8-11(14(18)19-2)12(9-4-3-5-16-7-9)10(6-15)13(20)17-8;2*1-3-6-4-2-5-1/h3-5,7,12H,1-2H3,(H,17,20);2*5H,1-4H2/q-1;;/p+1. The number of nitrogens with one attached hydrogen (secondary N) is 2. The minimum absolute atomic E-state index is 0.319. The summed E-state index contributed by atoms with van der Waals surface area (Å²) in [4.78, 5) is 16.4. The van der Waals surface area contributed by atoms with Crippen LogP contribution in [0.3, 0.4) is 0 Å². The lowest BCUT2D eigenvalue weighted by Gasteiger charge is -2.29. The molecule has 0 amide bonds. The summed E-state index contributed by atoms with van der Waals surface area (Å²) >= 11 is 5.18. The number of quaternary nitrogens is 1. The van der Waals surface area contributed by atoms with E-state index in [1.54, 1.807) is 31.5 Å². The Morgan fingerprint density at radius 1 is 1.28 bits per heavy atom. The van der Waals surface area contributed by atoms with Gasteiger partial charge in [-0.1, -0.05) is 18.3 Å². The highest BCUT2D eigenvalue weighted by atomic mass is 32.1. The fourth-order valence-corrected chi connectivity index (χ4v) is 3.59. The summed E-state index contributed by atoms with van der Waals surface area (Å²) in [7, 11) is 1.31. The number of ether oxygens (including phenoxy) is 3. The number of hydrogen-bond acceptors (Lipinski definition) is 7. The minimum atomic E-state index is -0.546. The fraction of sp³-hybridized carbons (Fsp3) is 0.500. The molecule has 0 aliphatic carbocycles. The van der Waals surface area contributed by atoms with E-state index in [0.717, 1.165) is 58.2 Å². The number of nitrogens with zero attached hydrogens (tertiary/aromatic N) is 2. The Balaban J connectivity index is 0.000000243. The number of carbonyl (C=O) groups excluding carboxylic acids is 1. The van der Waals surface area contributed by atoms with Gasteiger partial charge in [0.2, 0.25) is 0 Å². The summed E-state index contributed by atoms with van der Waals surface area (Å²) in [5, 5.41) is 17.6. The van der Waals surface area contributed by atoms with Gasteiger partial charge in [-0.15, -0.1) is 0 Å². The second-order valence-corrected chi connectivity index (χ2v) is 7.48. The maximum atomic E-state index is 12.0. The lowest BCUT2D eigenvalue weighted by molar-refractivity contribution is -0.670. The SMILES string of the molecule is C1COCCN1.C1COCC[NH2+]1.COC(=O)C1=C(C)NC(=S)C(=C=[N-])C1c1cccnc1. The summed E-state index contributed by atoms with van der Waals surface area (Å²) in [6.45, 7) is 9.76. The number of carbonyl (C=O) groups is 1. The molecule has 4 heterocycles. The third kappa shape index (κ3) is 7.90. The van der Waals surface area contributed by atoms with Gasteiger partial charge in [-0.3, -0.25) is 10.9 Å². The molecule has 9 nitrogen and oxygen atoms in total. The van der Waals surface area contributed by atoms with E-state index in [9.17, 15) is 10.2 Å². The monoisotopic (exact) mass is 461 g/mol. The second-order valence-electron chi connectivity index (χ2n) is 7.07. The van der Waals surface area contributed by atoms with Crippen molar-refractivity contribution < 1.29 is 24.3 Å². The highest BCUT2D eigenvalue weighted by molar-refractivity contribution is 7.80. The Bertz CT molecular complexity index is 797. The van der Waals surface area contributed by atoms with Gasteiger partial charge in [-0.2, -0.15) is 0 Å². The van der Waals surface area contributed by atoms with Gasteiger partial charge in [0.25, 0.3) is 0 Å². The Morgan fingerprint density at radius 3 is 2.38 bits per heavy atom. The van der Waals surface area contributed by atoms with Crippen LogP contribution >= 0.6 is 12.2 Å². The maximum absolute atomic E-state index is 12.0. The maximum Gasteiger partial charge on any atom is 0.336 e. The number of methoxy groups -OCH3 is 1. The van der Waals surface area contributed by atoms with Gasteiger partial charge < -0.3 is 35.6 Å². The van der Waals surface area contributed by atoms with Crippen LogP contribution in [0.25, 0.3) is 5.41 Å². The van der Waals surface area contributed by atoms with Crippen LogP contribution in [-0.2, 0) is 19.0 Å². The molecule has 3 aliphatic heterocycles. The highest BCUT2D eigenvalue weighted by Crippen LogP contribution is 2.36. The fourth-order valence-electron chi connectivity index (χ4n) is 3.27. The van der Waals surface area contributed by atoms with Crippen LogP contribution < -0.4 is 16.0 Å². The number of aromatic nitrogens is 1. The molecule has 0 spiro atoms. The van der Waals surface area contributed by atoms with E-state index in [2.05, 4.69) is 26.8 Å². The molecule has 1 atom stereocenters. The van der Waals surface area contributed by atoms with Gasteiger partial charge in [0, 0.05) is 36.8 Å². The van der Waals surface area contributed by atoms with Crippen molar-refractivity contribution in [2.75, 3.05) is 59.7 Å². The summed E-state index contributed by atoms with van der Waals surface area (Å²) in [6, 6.07) is 3.55. The van der Waals surface area contributed by atoms with Crippen molar-refractivity contribution in [1.29, 1.82) is 0 Å². The van der Waals surface area contributed by atoms with E-state index in [1.165, 1.54) is 7.11 Å². The van der Waals surface area contributed by atoms with Crippen molar-refractivity contribution in [3.63, 3.8) is 0 Å². The quantitative estimate of drug-likeness (QED) is 0.242. The molecule has 1 aromatic rings. The van der Waals surface area contributed by atoms with Gasteiger partial charge in [-0.25, -0.2) is 4.79 Å². The molecule has 4 N–H and O–H groups in total. The first-order chi connectivity index (χ1) is 15.6. The second kappa shape index (κ2) is 14.6. The van der Waals surface area contributed by atoms with Gasteiger partial charge in [0.15, 0.2) is 0 Å². The molecule has 0 aromatic carbocycles. The van der Waals surface area contributed by atoms with Crippen LogP contribution in [0, 0.1) is 0 Å². The first-order valence-corrected chi connectivity index (χ1v) is 11.0. The lowest BCUT2D eigenvalue weighted by Crippen LogP contribution is -2.87. The molecular formula is C22H31N5O4S. The van der Waals surface area contributed by atoms with Crippen LogP contribution in [0.4, 0.5) is 0 Å². The first kappa shape index (κ1) is 25.8. The Hall–Kier alpha value is -2.46. The van der Waals surface area contributed by atoms with E-state index in [0.29, 0.717) is 21.8 Å². The van der Waals surface area contributed by atoms with Gasteiger partial charge in [0.05, 0.1) is 58.1 Å². The molecule has 10 heteroatoms. The lowest BCUT2D eigenvalue weighted by atomic mass is 9.82. The molecule has 174 valence electrons. The molecule has 0 radical (unpaired) electrons. The molecule has 0 saturated carbocycles. The third-order valence-corrected chi connectivity index (χ3v) is 5.17. The topological polar surface area (TPSA) is 121 Å². The smallest absolute Gasteiger partial charge is 0.336 e. The van der Waals surface area contributed by atoms with Gasteiger partial charge >= 0.3 is 5.97 Å². The van der Waals surface area contributed by atoms with Crippen molar-refractivity contribution in [2.24, 2.45) is 0 Å². The van der Waals surface area contributed by atoms with E-state index >= 15 is 0 Å². The largest absolute Gasteiger partial charge is 0.763 e. The Labute approximate surface area is 194 Å². The van der Waals surface area contributed by atoms with E-state index in [1.807, 2.05) is 0 Å². The zero-order chi connectivity index (χ0) is 23.2. The normalized spacial score (nSPS) is 20.5. The number of pyridine rings is 1. The molecule has 3 aliphatic rings. The Morgan fingerprint density at radius 2 is 1.97 bits per heavy atom. The summed E-state index contributed by atoms with van der Waals surface area (Å²) < 4.78 is 14.9. The zero-order valence-corrected chi connectivity index (χ0v) is 19.4. The summed E-state index contributed by atoms with van der Waals surface area (Å²) in [5.74, 6) is 1.04. The predicted molar refractivity (Wildman–Crippen MR) is 125 cm³/mol. The molecular weight excluding hydrogens is 430 g/mol. The van der Waals surface area contributed by atoms with Crippen LogP contribution in [-0.4, -0.2) is 81.5 Å². The molecule has 0 bridgehead atoms. The highest BCUT2D eigenvalue weighted by Gasteiger charge is 2.34. The van der Waals surface area contributed by atoms with Crippen molar-refractivity contribution in [3.8, 4) is 0 Å². The van der Waals surface area contributed by atoms with Crippen molar-refractivity contribution >= 4 is 29.0 Å². The summed E-state index contributed by atoms with van der Waals surface area (Å²) in [5.41, 5.74) is 2.02. The number of allylic oxidation sites excluding steroid dienone is 1. The van der Waals surface area contributed by atoms with Crippen LogP contribution in [0.15, 0.2) is 41.4 Å². The van der Waals surface area contributed by atoms with Crippen molar-refractivity contribution in [1.82, 2.24) is 15.6 Å². The number of rotatable bonds is 2. The van der Waals surface area contributed by atoms with Gasteiger partial charge in [-0.05, 0) is 18.6 Å². The predicted octanol–water partition coefficient (Wildman–Crippen LogP) is -0.105. The minimum Gasteiger partial charge on any atom is -0.763 e. The van der Waals surface area contributed by atoms with Crippen LogP contribution in [0.1, 0.15) is 18.4 Å². The molecule has 4 rings (SSSR count). The Kier molecular flexibility index (Phi) is 11.7. The van der Waals surface area contributed by atoms with Crippen molar-refractivity contribution in [2.45, 2.75) is 12.8 Å². The average molecular weight is 462 g/mol. The molecule has 1 aromatic heterocycles. The number of hydrogen-bond donors (Lipinski definition) is 3. The number of esters is 1. The number of morpholine rings is 2. The van der Waals surface area contributed by atoms with E-state index in [4.69, 9.17) is 26.4 Å². The molecule has 1 unspecified atom stereocenters. The molecule has 32 heavy (non-hydrogen) atoms. The molecule has 2 fully saturated rings. The first-order valence-electron chi connectivity index (χ1n) is 10.5. The molecule has 2 saturated heterocycles. The van der Waals surface area contributed by atoms with E-state index in [-0.39, 0.29) is 0 Å². The van der Waals surface area contributed by atoms with Crippen LogP contribution in [0.5, 0.6) is 0 Å². The zero-order valence-electron chi connectivity index (χ0n) is 18.6. The van der Waals surface area contributed by atoms with Crippen LogP contribution in [0.2, 0.25) is 0 Å². The number of thiocarbonyl (C=S) groups is 1. The summed E-state index contributed by atoms with van der Waals surface area (Å²) in [6.07, 6.45) is 3.25. The van der Waals surface area contributed by atoms with E-state index < -0.39 is 11.9 Å². The van der Waals surface area contributed by atoms with Gasteiger partial charge in [0.1, 0.15) is 4.99 Å². The van der Waals surface area contributed by atoms with Crippen molar-refractivity contribution in [3.05, 3.63) is 52.3 Å². The average Bonchev–Trinajstić information content (AvgIpc) is 2.86. The third-order valence-electron chi connectivity index (χ3n) is 4.85. The number of nitrogens with two attached hydrogens (primary N) is 1.